The molecule has 0 aliphatic rings. The molecule has 0 fully saturated rings. The maximum Gasteiger partial charge on any atom is 0.148 e. The molecule has 4 nitrogen and oxygen atoms in total. The van der Waals surface area contributed by atoms with Gasteiger partial charge in [-0.2, -0.15) is 0 Å². The normalized spacial score (nSPS) is 12.2. The van der Waals surface area contributed by atoms with Crippen LogP contribution < -0.4 is 5.32 Å². The number of nitrogens with zero attached hydrogens (tertiary/aromatic N) is 1. The van der Waals surface area contributed by atoms with Crippen molar-refractivity contribution in [3.8, 4) is 0 Å². The van der Waals surface area contributed by atoms with Crippen LogP contribution in [0.25, 0.3) is 0 Å². The van der Waals surface area contributed by atoms with Crippen LogP contribution in [0.5, 0.6) is 0 Å². The summed E-state index contributed by atoms with van der Waals surface area (Å²) >= 11 is 5.14. The quantitative estimate of drug-likeness (QED) is 0.720. The van der Waals surface area contributed by atoms with Crippen LogP contribution in [0.3, 0.4) is 0 Å². The summed E-state index contributed by atoms with van der Waals surface area (Å²) in [6, 6.07) is 2.10. The van der Waals surface area contributed by atoms with E-state index in [1.165, 1.54) is 11.1 Å². The Morgan fingerprint density at radius 1 is 1.44 bits per heavy atom. The molecule has 0 atom stereocenters. The molecule has 0 spiro atoms. The highest BCUT2D eigenvalue weighted by Gasteiger charge is 2.05. The first-order chi connectivity index (χ1) is 8.37. The van der Waals surface area contributed by atoms with Crippen LogP contribution in [0.15, 0.2) is 15.9 Å². The third-order valence-corrected chi connectivity index (χ3v) is 5.06. The van der Waals surface area contributed by atoms with Gasteiger partial charge in [-0.3, -0.25) is 0 Å². The van der Waals surface area contributed by atoms with Crippen molar-refractivity contribution in [2.24, 2.45) is 0 Å². The highest BCUT2D eigenvalue weighted by molar-refractivity contribution is 9.10. The summed E-state index contributed by atoms with van der Waals surface area (Å²) in [5.74, 6) is 0.224. The maximum absolute atomic E-state index is 11.0. The number of rotatable bonds is 8. The van der Waals surface area contributed by atoms with E-state index in [1.807, 2.05) is 11.9 Å². The molecule has 1 rings (SSSR count). The minimum absolute atomic E-state index is 0.224. The zero-order valence-corrected chi connectivity index (χ0v) is 13.9. The van der Waals surface area contributed by atoms with Gasteiger partial charge in [0, 0.05) is 47.2 Å². The van der Waals surface area contributed by atoms with Gasteiger partial charge in [-0.25, -0.2) is 8.42 Å². The molecule has 18 heavy (non-hydrogen) atoms. The summed E-state index contributed by atoms with van der Waals surface area (Å²) in [5.41, 5.74) is 0. The molecule has 1 heterocycles. The van der Waals surface area contributed by atoms with Crippen LogP contribution in [0, 0.1) is 0 Å². The fourth-order valence-electron chi connectivity index (χ4n) is 1.36. The van der Waals surface area contributed by atoms with Crippen molar-refractivity contribution in [2.75, 3.05) is 38.7 Å². The van der Waals surface area contributed by atoms with Gasteiger partial charge in [0.15, 0.2) is 0 Å². The number of halogens is 1. The highest BCUT2D eigenvalue weighted by Crippen LogP contribution is 2.19. The molecule has 0 saturated heterocycles. The van der Waals surface area contributed by atoms with Gasteiger partial charge in [0.2, 0.25) is 0 Å². The third-order valence-electron chi connectivity index (χ3n) is 2.44. The molecule has 0 amide bonds. The Morgan fingerprint density at radius 2 is 2.17 bits per heavy atom. The van der Waals surface area contributed by atoms with E-state index < -0.39 is 9.84 Å². The molecule has 104 valence electrons. The zero-order valence-electron chi connectivity index (χ0n) is 10.6. The van der Waals surface area contributed by atoms with E-state index in [0.29, 0.717) is 6.54 Å². The first kappa shape index (κ1) is 16.1. The van der Waals surface area contributed by atoms with E-state index in [9.17, 15) is 8.42 Å². The lowest BCUT2D eigenvalue weighted by atomic mass is 10.4. The number of likely N-dealkylation sites (N-methyl/N-ethyl adjacent to an activating group) is 1. The van der Waals surface area contributed by atoms with Crippen molar-refractivity contribution < 1.29 is 8.42 Å². The minimum atomic E-state index is -2.86. The Bertz CT molecular complexity index is 459. The van der Waals surface area contributed by atoms with Crippen molar-refractivity contribution in [1.29, 1.82) is 0 Å². The van der Waals surface area contributed by atoms with Crippen LogP contribution in [-0.4, -0.2) is 52.0 Å². The van der Waals surface area contributed by atoms with Gasteiger partial charge >= 0.3 is 0 Å². The molecule has 0 unspecified atom stereocenters. The SMILES string of the molecule is CN(CCNCc1cc(Br)cs1)CCS(C)(=O)=O. The lowest BCUT2D eigenvalue weighted by Crippen LogP contribution is -2.32. The number of thiophene rings is 1. The van der Waals surface area contributed by atoms with E-state index in [1.54, 1.807) is 11.3 Å². The molecule has 0 aliphatic carbocycles. The number of hydrogen-bond acceptors (Lipinski definition) is 5. The Hall–Kier alpha value is 0.0500. The van der Waals surface area contributed by atoms with Crippen LogP contribution >= 0.6 is 27.3 Å². The molecule has 1 aromatic heterocycles. The van der Waals surface area contributed by atoms with Gasteiger partial charge < -0.3 is 10.2 Å². The largest absolute Gasteiger partial charge is 0.311 e. The van der Waals surface area contributed by atoms with E-state index >= 15 is 0 Å². The molecule has 1 aromatic rings. The van der Waals surface area contributed by atoms with Crippen LogP contribution in [0.2, 0.25) is 0 Å². The second-order valence-corrected chi connectivity index (χ2v) is 8.51. The lowest BCUT2D eigenvalue weighted by Gasteiger charge is -2.15. The van der Waals surface area contributed by atoms with Gasteiger partial charge in [-0.05, 0) is 29.0 Å². The predicted octanol–water partition coefficient (Wildman–Crippen LogP) is 1.58. The van der Waals surface area contributed by atoms with Crippen molar-refractivity contribution in [2.45, 2.75) is 6.54 Å². The topological polar surface area (TPSA) is 49.4 Å². The van der Waals surface area contributed by atoms with Gasteiger partial charge in [-0.1, -0.05) is 0 Å². The van der Waals surface area contributed by atoms with E-state index in [0.717, 1.165) is 24.1 Å². The summed E-state index contributed by atoms with van der Waals surface area (Å²) in [6.07, 6.45) is 1.27. The van der Waals surface area contributed by atoms with Crippen molar-refractivity contribution in [3.63, 3.8) is 0 Å². The van der Waals surface area contributed by atoms with E-state index in [2.05, 4.69) is 32.7 Å². The molecule has 7 heteroatoms. The molecule has 0 aromatic carbocycles. The standard InChI is InChI=1S/C11H19BrN2O2S2/c1-14(5-6-18(2,15)16)4-3-13-8-11-7-10(12)9-17-11/h7,9,13H,3-6,8H2,1-2H3. The summed E-state index contributed by atoms with van der Waals surface area (Å²) < 4.78 is 23.1. The lowest BCUT2D eigenvalue weighted by molar-refractivity contribution is 0.349. The first-order valence-electron chi connectivity index (χ1n) is 5.67. The Morgan fingerprint density at radius 3 is 2.72 bits per heavy atom. The van der Waals surface area contributed by atoms with Gasteiger partial charge in [0.25, 0.3) is 0 Å². The average Bonchev–Trinajstić information content (AvgIpc) is 2.67. The molecule has 0 aliphatic heterocycles. The average molecular weight is 355 g/mol. The Labute approximate surface area is 121 Å². The summed E-state index contributed by atoms with van der Waals surface area (Å²) in [4.78, 5) is 3.32. The monoisotopic (exact) mass is 354 g/mol. The minimum Gasteiger partial charge on any atom is -0.311 e. The Kier molecular flexibility index (Phi) is 6.79. The van der Waals surface area contributed by atoms with Crippen LogP contribution in [0.4, 0.5) is 0 Å². The van der Waals surface area contributed by atoms with Gasteiger partial charge in [0.05, 0.1) is 5.75 Å². The van der Waals surface area contributed by atoms with E-state index in [-0.39, 0.29) is 5.75 Å². The highest BCUT2D eigenvalue weighted by atomic mass is 79.9. The summed E-state index contributed by atoms with van der Waals surface area (Å²) in [7, 11) is -0.917. The van der Waals surface area contributed by atoms with Crippen LogP contribution in [0.1, 0.15) is 4.88 Å². The van der Waals surface area contributed by atoms with Gasteiger partial charge in [0.1, 0.15) is 9.84 Å². The summed E-state index contributed by atoms with van der Waals surface area (Å²) in [6.45, 7) is 3.15. The summed E-state index contributed by atoms with van der Waals surface area (Å²) in [5, 5.41) is 5.41. The number of hydrogen-bond donors (Lipinski definition) is 1. The van der Waals surface area contributed by atoms with Crippen molar-refractivity contribution >= 4 is 37.1 Å². The fourth-order valence-corrected chi connectivity index (χ4v) is 3.43. The Balaban J connectivity index is 2.10. The fraction of sp³-hybridized carbons (Fsp3) is 0.636. The molecule has 1 N–H and O–H groups in total. The van der Waals surface area contributed by atoms with Gasteiger partial charge in [-0.15, -0.1) is 11.3 Å². The van der Waals surface area contributed by atoms with Crippen molar-refractivity contribution in [3.05, 3.63) is 20.8 Å². The zero-order chi connectivity index (χ0) is 13.6. The molecule has 0 bridgehead atoms. The predicted molar refractivity (Wildman–Crippen MR) is 80.9 cm³/mol. The number of nitrogens with one attached hydrogen (secondary N) is 1. The molecule has 0 saturated carbocycles. The third kappa shape index (κ3) is 7.48. The van der Waals surface area contributed by atoms with E-state index in [4.69, 9.17) is 0 Å². The smallest absolute Gasteiger partial charge is 0.148 e. The van der Waals surface area contributed by atoms with Crippen molar-refractivity contribution in [1.82, 2.24) is 10.2 Å². The first-order valence-corrected chi connectivity index (χ1v) is 9.40. The second-order valence-electron chi connectivity index (χ2n) is 4.34. The van der Waals surface area contributed by atoms with Crippen LogP contribution in [-0.2, 0) is 16.4 Å². The molecular weight excluding hydrogens is 336 g/mol. The maximum atomic E-state index is 11.0. The molecular formula is C11H19BrN2O2S2. The molecule has 0 radical (unpaired) electrons. The number of sulfone groups is 1. The second kappa shape index (κ2) is 7.59.